The summed E-state index contributed by atoms with van der Waals surface area (Å²) < 4.78 is 2.55. The number of pyridine rings is 1. The third-order valence-corrected chi connectivity index (χ3v) is 3.93. The van der Waals surface area contributed by atoms with Gasteiger partial charge in [0.15, 0.2) is 4.77 Å². The van der Waals surface area contributed by atoms with Crippen LogP contribution in [0.25, 0.3) is 11.0 Å². The molecular weight excluding hydrogens is 296 g/mol. The minimum atomic E-state index is -0.0139. The van der Waals surface area contributed by atoms with Crippen molar-refractivity contribution in [3.8, 4) is 0 Å². The zero-order valence-corrected chi connectivity index (χ0v) is 13.0. The van der Waals surface area contributed by atoms with Gasteiger partial charge in [-0.15, -0.1) is 0 Å². The summed E-state index contributed by atoms with van der Waals surface area (Å²) in [5.41, 5.74) is 3.75. The van der Waals surface area contributed by atoms with Crippen LogP contribution < -0.4 is 5.32 Å². The molecule has 1 aromatic carbocycles. The summed E-state index contributed by atoms with van der Waals surface area (Å²) in [6, 6.07) is 9.55. The van der Waals surface area contributed by atoms with E-state index in [1.165, 1.54) is 0 Å². The maximum absolute atomic E-state index is 12.0. The van der Waals surface area contributed by atoms with Crippen LogP contribution in [0.2, 0.25) is 0 Å². The number of imidazole rings is 1. The van der Waals surface area contributed by atoms with Crippen LogP contribution in [0.4, 0.5) is 5.69 Å². The van der Waals surface area contributed by atoms with Crippen LogP contribution in [0.3, 0.4) is 0 Å². The van der Waals surface area contributed by atoms with Gasteiger partial charge in [0.25, 0.3) is 0 Å². The summed E-state index contributed by atoms with van der Waals surface area (Å²) in [7, 11) is 1.90. The highest BCUT2D eigenvalue weighted by atomic mass is 32.1. The molecule has 2 heterocycles. The van der Waals surface area contributed by atoms with Gasteiger partial charge in [0.2, 0.25) is 5.91 Å². The number of hydrogen-bond acceptors (Lipinski definition) is 3. The first-order valence-electron chi connectivity index (χ1n) is 7.01. The molecule has 0 aliphatic carbocycles. The summed E-state index contributed by atoms with van der Waals surface area (Å²) in [6.07, 6.45) is 4.61. The van der Waals surface area contributed by atoms with Gasteiger partial charge >= 0.3 is 0 Å². The average molecular weight is 312 g/mol. The highest BCUT2D eigenvalue weighted by molar-refractivity contribution is 7.71. The molecular formula is C16H16N4OS. The molecule has 3 aromatic rings. The lowest BCUT2D eigenvalue weighted by atomic mass is 10.1. The van der Waals surface area contributed by atoms with Gasteiger partial charge in [0.05, 0.1) is 11.0 Å². The second kappa shape index (κ2) is 6.11. The Morgan fingerprint density at radius 2 is 2.27 bits per heavy atom. The van der Waals surface area contributed by atoms with Crippen molar-refractivity contribution < 1.29 is 4.79 Å². The first kappa shape index (κ1) is 14.5. The normalized spacial score (nSPS) is 10.8. The molecule has 5 nitrogen and oxygen atoms in total. The molecule has 112 valence electrons. The Morgan fingerprint density at radius 3 is 3.05 bits per heavy atom. The lowest BCUT2D eigenvalue weighted by Gasteiger charge is -2.06. The van der Waals surface area contributed by atoms with Crippen molar-refractivity contribution in [3.63, 3.8) is 0 Å². The highest BCUT2D eigenvalue weighted by Gasteiger charge is 2.06. The quantitative estimate of drug-likeness (QED) is 0.727. The van der Waals surface area contributed by atoms with E-state index in [-0.39, 0.29) is 5.91 Å². The van der Waals surface area contributed by atoms with Crippen LogP contribution in [0.15, 0.2) is 42.7 Å². The summed E-state index contributed by atoms with van der Waals surface area (Å²) in [5.74, 6) is -0.0139. The predicted octanol–water partition coefficient (Wildman–Crippen LogP) is 3.20. The SMILES string of the molecule is Cn1c(=S)[nH]c2ccc(NC(=O)CCc3cccnc3)cc21. The number of aromatic nitrogens is 3. The Bertz CT molecular complexity index is 867. The molecule has 2 N–H and O–H groups in total. The van der Waals surface area contributed by atoms with Crippen molar-refractivity contribution >= 4 is 34.8 Å². The number of nitrogens with one attached hydrogen (secondary N) is 2. The number of nitrogens with zero attached hydrogens (tertiary/aromatic N) is 2. The van der Waals surface area contributed by atoms with Crippen LogP contribution in [0.5, 0.6) is 0 Å². The number of rotatable bonds is 4. The Hall–Kier alpha value is -2.47. The summed E-state index contributed by atoms with van der Waals surface area (Å²) in [5, 5.41) is 2.92. The molecule has 0 fully saturated rings. The Labute approximate surface area is 133 Å². The topological polar surface area (TPSA) is 62.7 Å². The maximum atomic E-state index is 12.0. The van der Waals surface area contributed by atoms with Crippen LogP contribution in [-0.2, 0) is 18.3 Å². The molecule has 0 radical (unpaired) electrons. The van der Waals surface area contributed by atoms with E-state index in [9.17, 15) is 4.79 Å². The van der Waals surface area contributed by atoms with Gasteiger partial charge < -0.3 is 14.9 Å². The van der Waals surface area contributed by atoms with E-state index < -0.39 is 0 Å². The number of anilines is 1. The molecule has 0 atom stereocenters. The van der Waals surface area contributed by atoms with Crippen LogP contribution in [0, 0.1) is 4.77 Å². The molecule has 0 aliphatic heterocycles. The zero-order valence-electron chi connectivity index (χ0n) is 12.2. The highest BCUT2D eigenvalue weighted by Crippen LogP contribution is 2.18. The number of amides is 1. The summed E-state index contributed by atoms with van der Waals surface area (Å²) in [4.78, 5) is 19.2. The molecule has 22 heavy (non-hydrogen) atoms. The third-order valence-electron chi connectivity index (χ3n) is 3.55. The van der Waals surface area contributed by atoms with E-state index in [2.05, 4.69) is 15.3 Å². The number of aromatic amines is 1. The van der Waals surface area contributed by atoms with Crippen molar-refractivity contribution in [3.05, 3.63) is 53.1 Å². The zero-order chi connectivity index (χ0) is 15.5. The van der Waals surface area contributed by atoms with Gasteiger partial charge in [0.1, 0.15) is 0 Å². The molecule has 2 aromatic heterocycles. The van der Waals surface area contributed by atoms with E-state index in [1.54, 1.807) is 12.4 Å². The minimum absolute atomic E-state index is 0.0139. The van der Waals surface area contributed by atoms with E-state index in [0.29, 0.717) is 17.6 Å². The van der Waals surface area contributed by atoms with Crippen molar-refractivity contribution in [1.82, 2.24) is 14.5 Å². The molecule has 1 amide bonds. The fraction of sp³-hybridized carbons (Fsp3) is 0.188. The number of carbonyl (C=O) groups is 1. The third kappa shape index (κ3) is 3.07. The minimum Gasteiger partial charge on any atom is -0.331 e. The average Bonchev–Trinajstić information content (AvgIpc) is 2.81. The van der Waals surface area contributed by atoms with E-state index in [0.717, 1.165) is 22.3 Å². The largest absolute Gasteiger partial charge is 0.331 e. The van der Waals surface area contributed by atoms with E-state index in [4.69, 9.17) is 12.2 Å². The number of aryl methyl sites for hydroxylation is 2. The summed E-state index contributed by atoms with van der Waals surface area (Å²) >= 11 is 5.20. The number of H-pyrrole nitrogens is 1. The molecule has 3 rings (SSSR count). The second-order valence-electron chi connectivity index (χ2n) is 5.13. The number of hydrogen-bond donors (Lipinski definition) is 2. The van der Waals surface area contributed by atoms with Gasteiger partial charge in [-0.1, -0.05) is 6.07 Å². The van der Waals surface area contributed by atoms with Gasteiger partial charge in [0, 0.05) is 31.5 Å². The predicted molar refractivity (Wildman–Crippen MR) is 89.3 cm³/mol. The summed E-state index contributed by atoms with van der Waals surface area (Å²) in [6.45, 7) is 0. The molecule has 6 heteroatoms. The van der Waals surface area contributed by atoms with Gasteiger partial charge in [-0.2, -0.15) is 0 Å². The van der Waals surface area contributed by atoms with E-state index in [1.807, 2.05) is 41.9 Å². The van der Waals surface area contributed by atoms with Gasteiger partial charge in [-0.25, -0.2) is 0 Å². The smallest absolute Gasteiger partial charge is 0.224 e. The Kier molecular flexibility index (Phi) is 4.02. The number of fused-ring (bicyclic) bond motifs is 1. The standard InChI is InChI=1S/C16H16N4OS/c1-20-14-9-12(5-6-13(14)19-16(20)22)18-15(21)7-4-11-3-2-8-17-10-11/h2-3,5-6,8-10H,4,7H2,1H3,(H,18,21)(H,19,22). The molecule has 0 saturated carbocycles. The van der Waals surface area contributed by atoms with Crippen LogP contribution >= 0.6 is 12.2 Å². The first-order chi connectivity index (χ1) is 10.6. The molecule has 0 unspecified atom stereocenters. The van der Waals surface area contributed by atoms with E-state index >= 15 is 0 Å². The lowest BCUT2D eigenvalue weighted by Crippen LogP contribution is -2.12. The molecule has 0 saturated heterocycles. The molecule has 0 aliphatic rings. The molecule has 0 spiro atoms. The van der Waals surface area contributed by atoms with Gasteiger partial charge in [-0.05, 0) is 48.5 Å². The fourth-order valence-corrected chi connectivity index (χ4v) is 2.54. The number of benzene rings is 1. The maximum Gasteiger partial charge on any atom is 0.224 e. The monoisotopic (exact) mass is 312 g/mol. The van der Waals surface area contributed by atoms with Crippen LogP contribution in [-0.4, -0.2) is 20.4 Å². The van der Waals surface area contributed by atoms with Crippen molar-refractivity contribution in [2.24, 2.45) is 7.05 Å². The molecule has 0 bridgehead atoms. The van der Waals surface area contributed by atoms with Crippen molar-refractivity contribution in [2.45, 2.75) is 12.8 Å². The second-order valence-corrected chi connectivity index (χ2v) is 5.52. The van der Waals surface area contributed by atoms with Crippen molar-refractivity contribution in [2.75, 3.05) is 5.32 Å². The first-order valence-corrected chi connectivity index (χ1v) is 7.42. The Morgan fingerprint density at radius 1 is 1.41 bits per heavy atom. The van der Waals surface area contributed by atoms with Gasteiger partial charge in [-0.3, -0.25) is 9.78 Å². The van der Waals surface area contributed by atoms with Crippen molar-refractivity contribution in [1.29, 1.82) is 0 Å². The number of carbonyl (C=O) groups excluding carboxylic acids is 1. The Balaban J connectivity index is 1.68. The lowest BCUT2D eigenvalue weighted by molar-refractivity contribution is -0.116. The van der Waals surface area contributed by atoms with Crippen LogP contribution in [0.1, 0.15) is 12.0 Å². The fourth-order valence-electron chi connectivity index (χ4n) is 2.33.